The zero-order valence-electron chi connectivity index (χ0n) is 14.3. The zero-order valence-corrected chi connectivity index (χ0v) is 14.3. The molecule has 2 rings (SSSR count). The molecule has 0 bridgehead atoms. The fraction of sp³-hybridized carbons (Fsp3) is 0.263. The Morgan fingerprint density at radius 3 is 2.29 bits per heavy atom. The molecule has 0 aromatic heterocycles. The van der Waals surface area contributed by atoms with Crippen LogP contribution in [0.2, 0.25) is 0 Å². The van der Waals surface area contributed by atoms with E-state index in [9.17, 15) is 9.59 Å². The molecule has 24 heavy (non-hydrogen) atoms. The third kappa shape index (κ3) is 5.21. The molecule has 0 atom stereocenters. The molecule has 0 unspecified atom stereocenters. The standard InChI is InChI=1S/C19H23N3O2/c1-14-6-4-7-15(12-14)19(24)21-17-9-5-8-16(13-17)18(23)20-10-11-22(2)3/h4-9,12-13H,10-11H2,1-3H3,(H,20,23)(H,21,24). The second kappa shape index (κ2) is 8.26. The Hall–Kier alpha value is -2.66. The number of aryl methyl sites for hydroxylation is 1. The highest BCUT2D eigenvalue weighted by atomic mass is 16.2. The molecule has 5 nitrogen and oxygen atoms in total. The minimum Gasteiger partial charge on any atom is -0.351 e. The molecule has 0 fully saturated rings. The first-order chi connectivity index (χ1) is 11.5. The lowest BCUT2D eigenvalue weighted by atomic mass is 10.1. The van der Waals surface area contributed by atoms with E-state index in [-0.39, 0.29) is 11.8 Å². The molecule has 126 valence electrons. The molecule has 0 aliphatic rings. The number of anilines is 1. The van der Waals surface area contributed by atoms with E-state index < -0.39 is 0 Å². The van der Waals surface area contributed by atoms with Crippen molar-refractivity contribution in [2.45, 2.75) is 6.92 Å². The van der Waals surface area contributed by atoms with Crippen LogP contribution in [0.1, 0.15) is 26.3 Å². The summed E-state index contributed by atoms with van der Waals surface area (Å²) in [7, 11) is 3.90. The van der Waals surface area contributed by atoms with Gasteiger partial charge in [-0.1, -0.05) is 23.8 Å². The molecule has 0 aliphatic carbocycles. The Bertz CT molecular complexity index is 726. The van der Waals surface area contributed by atoms with Crippen molar-refractivity contribution in [3.8, 4) is 0 Å². The van der Waals surface area contributed by atoms with E-state index in [0.29, 0.717) is 23.4 Å². The lowest BCUT2D eigenvalue weighted by Gasteiger charge is -2.11. The number of carbonyl (C=O) groups excluding carboxylic acids is 2. The van der Waals surface area contributed by atoms with Crippen molar-refractivity contribution in [2.24, 2.45) is 0 Å². The summed E-state index contributed by atoms with van der Waals surface area (Å²) < 4.78 is 0. The average Bonchev–Trinajstić information content (AvgIpc) is 2.54. The summed E-state index contributed by atoms with van der Waals surface area (Å²) in [6, 6.07) is 14.3. The Labute approximate surface area is 142 Å². The van der Waals surface area contributed by atoms with Gasteiger partial charge in [-0.25, -0.2) is 0 Å². The SMILES string of the molecule is Cc1cccc(C(=O)Nc2cccc(C(=O)NCCN(C)C)c2)c1. The smallest absolute Gasteiger partial charge is 0.255 e. The van der Waals surface area contributed by atoms with Gasteiger partial charge in [0.15, 0.2) is 0 Å². The van der Waals surface area contributed by atoms with Crippen molar-refractivity contribution >= 4 is 17.5 Å². The quantitative estimate of drug-likeness (QED) is 0.858. The van der Waals surface area contributed by atoms with Gasteiger partial charge in [-0.15, -0.1) is 0 Å². The van der Waals surface area contributed by atoms with E-state index in [4.69, 9.17) is 0 Å². The van der Waals surface area contributed by atoms with E-state index in [0.717, 1.165) is 12.1 Å². The Kier molecular flexibility index (Phi) is 6.09. The van der Waals surface area contributed by atoms with Crippen LogP contribution in [0.3, 0.4) is 0 Å². The number of nitrogens with zero attached hydrogens (tertiary/aromatic N) is 1. The predicted molar refractivity (Wildman–Crippen MR) is 96.5 cm³/mol. The summed E-state index contributed by atoms with van der Waals surface area (Å²) >= 11 is 0. The normalized spacial score (nSPS) is 10.5. The van der Waals surface area contributed by atoms with Gasteiger partial charge in [0.1, 0.15) is 0 Å². The number of carbonyl (C=O) groups is 2. The molecule has 0 saturated heterocycles. The largest absolute Gasteiger partial charge is 0.351 e. The first kappa shape index (κ1) is 17.7. The molecule has 0 radical (unpaired) electrons. The number of benzene rings is 2. The van der Waals surface area contributed by atoms with Crippen LogP contribution in [-0.2, 0) is 0 Å². The van der Waals surface area contributed by atoms with Crippen LogP contribution in [0, 0.1) is 6.92 Å². The summed E-state index contributed by atoms with van der Waals surface area (Å²) in [5.74, 6) is -0.340. The van der Waals surface area contributed by atoms with Crippen molar-refractivity contribution < 1.29 is 9.59 Å². The highest BCUT2D eigenvalue weighted by molar-refractivity contribution is 6.05. The summed E-state index contributed by atoms with van der Waals surface area (Å²) in [5.41, 5.74) is 2.74. The lowest BCUT2D eigenvalue weighted by molar-refractivity contribution is 0.0949. The molecule has 2 aromatic carbocycles. The maximum Gasteiger partial charge on any atom is 0.255 e. The van der Waals surface area contributed by atoms with Gasteiger partial charge in [-0.05, 0) is 51.4 Å². The molecule has 2 aromatic rings. The van der Waals surface area contributed by atoms with Gasteiger partial charge >= 0.3 is 0 Å². The monoisotopic (exact) mass is 325 g/mol. The molecular formula is C19H23N3O2. The number of likely N-dealkylation sites (N-methyl/N-ethyl adjacent to an activating group) is 1. The second-order valence-electron chi connectivity index (χ2n) is 5.96. The van der Waals surface area contributed by atoms with Gasteiger partial charge in [0, 0.05) is 29.9 Å². The van der Waals surface area contributed by atoms with Crippen molar-refractivity contribution in [2.75, 3.05) is 32.5 Å². The highest BCUT2D eigenvalue weighted by Crippen LogP contribution is 2.13. The molecule has 2 amide bonds. The van der Waals surface area contributed by atoms with E-state index in [1.54, 1.807) is 30.3 Å². The third-order valence-electron chi connectivity index (χ3n) is 3.51. The maximum atomic E-state index is 12.3. The molecule has 5 heteroatoms. The van der Waals surface area contributed by atoms with Crippen LogP contribution in [0.4, 0.5) is 5.69 Å². The van der Waals surface area contributed by atoms with Crippen molar-refractivity contribution in [3.05, 3.63) is 65.2 Å². The summed E-state index contributed by atoms with van der Waals surface area (Å²) in [6.07, 6.45) is 0. The Morgan fingerprint density at radius 2 is 1.62 bits per heavy atom. The maximum absolute atomic E-state index is 12.3. The highest BCUT2D eigenvalue weighted by Gasteiger charge is 2.09. The summed E-state index contributed by atoms with van der Waals surface area (Å²) in [5, 5.41) is 5.68. The lowest BCUT2D eigenvalue weighted by Crippen LogP contribution is -2.31. The number of nitrogens with one attached hydrogen (secondary N) is 2. The number of hydrogen-bond acceptors (Lipinski definition) is 3. The van der Waals surface area contributed by atoms with Gasteiger partial charge in [0.05, 0.1) is 0 Å². The van der Waals surface area contributed by atoms with E-state index in [1.807, 2.05) is 44.1 Å². The van der Waals surface area contributed by atoms with Gasteiger partial charge < -0.3 is 15.5 Å². The van der Waals surface area contributed by atoms with Crippen molar-refractivity contribution in [1.82, 2.24) is 10.2 Å². The number of hydrogen-bond donors (Lipinski definition) is 2. The Morgan fingerprint density at radius 1 is 0.958 bits per heavy atom. The van der Waals surface area contributed by atoms with Crippen molar-refractivity contribution in [1.29, 1.82) is 0 Å². The summed E-state index contributed by atoms with van der Waals surface area (Å²) in [6.45, 7) is 3.29. The van der Waals surface area contributed by atoms with Crippen LogP contribution in [0.5, 0.6) is 0 Å². The van der Waals surface area contributed by atoms with Gasteiger partial charge in [0.2, 0.25) is 0 Å². The average molecular weight is 325 g/mol. The number of rotatable bonds is 6. The van der Waals surface area contributed by atoms with Crippen LogP contribution >= 0.6 is 0 Å². The molecule has 0 spiro atoms. The van der Waals surface area contributed by atoms with E-state index in [1.165, 1.54) is 0 Å². The molecular weight excluding hydrogens is 302 g/mol. The second-order valence-corrected chi connectivity index (χ2v) is 5.96. The third-order valence-corrected chi connectivity index (χ3v) is 3.51. The van der Waals surface area contributed by atoms with Gasteiger partial charge in [-0.3, -0.25) is 9.59 Å². The molecule has 2 N–H and O–H groups in total. The minimum absolute atomic E-state index is 0.150. The van der Waals surface area contributed by atoms with Crippen LogP contribution in [-0.4, -0.2) is 43.9 Å². The van der Waals surface area contributed by atoms with Crippen LogP contribution in [0.25, 0.3) is 0 Å². The summed E-state index contributed by atoms with van der Waals surface area (Å²) in [4.78, 5) is 26.4. The predicted octanol–water partition coefficient (Wildman–Crippen LogP) is 2.54. The van der Waals surface area contributed by atoms with Crippen LogP contribution in [0.15, 0.2) is 48.5 Å². The Balaban J connectivity index is 2.02. The van der Waals surface area contributed by atoms with Crippen molar-refractivity contribution in [3.63, 3.8) is 0 Å². The topological polar surface area (TPSA) is 61.4 Å². The zero-order chi connectivity index (χ0) is 17.5. The number of amides is 2. The van der Waals surface area contributed by atoms with Gasteiger partial charge in [-0.2, -0.15) is 0 Å². The fourth-order valence-corrected chi connectivity index (χ4v) is 2.22. The van der Waals surface area contributed by atoms with E-state index in [2.05, 4.69) is 10.6 Å². The minimum atomic E-state index is -0.191. The van der Waals surface area contributed by atoms with E-state index >= 15 is 0 Å². The first-order valence-electron chi connectivity index (χ1n) is 7.87. The molecule has 0 saturated carbocycles. The molecule has 0 aliphatic heterocycles. The van der Waals surface area contributed by atoms with Gasteiger partial charge in [0.25, 0.3) is 11.8 Å². The fourth-order valence-electron chi connectivity index (χ4n) is 2.22. The molecule has 0 heterocycles. The van der Waals surface area contributed by atoms with Crippen LogP contribution < -0.4 is 10.6 Å². The first-order valence-corrected chi connectivity index (χ1v) is 7.87.